The van der Waals surface area contributed by atoms with E-state index in [2.05, 4.69) is 0 Å². The summed E-state index contributed by atoms with van der Waals surface area (Å²) in [5.41, 5.74) is 5.22. The maximum atomic E-state index is 11.3. The van der Waals surface area contributed by atoms with Crippen LogP contribution in [0.5, 0.6) is 0 Å². The number of rotatable bonds is 1. The first kappa shape index (κ1) is 8.01. The summed E-state index contributed by atoms with van der Waals surface area (Å²) < 4.78 is 9.94. The Labute approximate surface area is 71.0 Å². The first-order valence-corrected chi connectivity index (χ1v) is 4.05. The van der Waals surface area contributed by atoms with Crippen molar-refractivity contribution in [3.05, 3.63) is 0 Å². The summed E-state index contributed by atoms with van der Waals surface area (Å²) in [6.07, 6.45) is 1.43. The standard InChI is InChI=1S/C8H13NO3/c1-11-6(10)7-2-8(9,3-7)5-12-4-7/h2-5,9H2,1H3. The third kappa shape index (κ3) is 0.881. The molecule has 0 aromatic rings. The van der Waals surface area contributed by atoms with E-state index in [4.69, 9.17) is 15.2 Å². The molecule has 2 heterocycles. The smallest absolute Gasteiger partial charge is 0.314 e. The van der Waals surface area contributed by atoms with Gasteiger partial charge in [-0.15, -0.1) is 0 Å². The molecule has 3 fully saturated rings. The molecular formula is C8H13NO3. The van der Waals surface area contributed by atoms with Crippen LogP contribution in [0, 0.1) is 5.41 Å². The van der Waals surface area contributed by atoms with Crippen LogP contribution in [0.3, 0.4) is 0 Å². The zero-order valence-electron chi connectivity index (χ0n) is 7.13. The van der Waals surface area contributed by atoms with Crippen LogP contribution in [0.4, 0.5) is 0 Å². The van der Waals surface area contributed by atoms with E-state index in [1.165, 1.54) is 7.11 Å². The van der Waals surface area contributed by atoms with Crippen molar-refractivity contribution in [2.24, 2.45) is 11.1 Å². The zero-order valence-corrected chi connectivity index (χ0v) is 7.13. The van der Waals surface area contributed by atoms with Crippen LogP contribution in [0.15, 0.2) is 0 Å². The molecule has 2 saturated heterocycles. The Kier molecular flexibility index (Phi) is 1.47. The van der Waals surface area contributed by atoms with Crippen LogP contribution in [0.25, 0.3) is 0 Å². The van der Waals surface area contributed by atoms with Gasteiger partial charge in [-0.3, -0.25) is 4.79 Å². The van der Waals surface area contributed by atoms with Crippen LogP contribution < -0.4 is 5.73 Å². The van der Waals surface area contributed by atoms with Crippen molar-refractivity contribution in [3.63, 3.8) is 0 Å². The Morgan fingerprint density at radius 1 is 1.50 bits per heavy atom. The lowest BCUT2D eigenvalue weighted by Crippen LogP contribution is -2.69. The minimum Gasteiger partial charge on any atom is -0.469 e. The van der Waals surface area contributed by atoms with Gasteiger partial charge in [-0.1, -0.05) is 0 Å². The third-order valence-electron chi connectivity index (χ3n) is 2.77. The molecule has 68 valence electrons. The van der Waals surface area contributed by atoms with Crippen molar-refractivity contribution >= 4 is 5.97 Å². The normalized spacial score (nSPS) is 44.8. The molecule has 0 aromatic carbocycles. The third-order valence-corrected chi connectivity index (χ3v) is 2.77. The van der Waals surface area contributed by atoms with Crippen LogP contribution in [-0.2, 0) is 14.3 Å². The highest BCUT2D eigenvalue weighted by Crippen LogP contribution is 2.51. The highest BCUT2D eigenvalue weighted by molar-refractivity contribution is 5.79. The SMILES string of the molecule is COC(=O)C12COCC(N)(C1)C2. The second kappa shape index (κ2) is 2.20. The van der Waals surface area contributed by atoms with Gasteiger partial charge in [-0.25, -0.2) is 0 Å². The Hall–Kier alpha value is -0.610. The number of hydrogen-bond donors (Lipinski definition) is 1. The molecular weight excluding hydrogens is 158 g/mol. The Morgan fingerprint density at radius 2 is 2.17 bits per heavy atom. The molecule has 2 aliphatic heterocycles. The van der Waals surface area contributed by atoms with Gasteiger partial charge < -0.3 is 15.2 Å². The van der Waals surface area contributed by atoms with E-state index < -0.39 is 5.41 Å². The molecule has 2 bridgehead atoms. The molecule has 0 unspecified atom stereocenters. The van der Waals surface area contributed by atoms with E-state index in [0.717, 1.165) is 0 Å². The number of esters is 1. The summed E-state index contributed by atoms with van der Waals surface area (Å²) in [6, 6.07) is 0. The van der Waals surface area contributed by atoms with E-state index in [1.54, 1.807) is 0 Å². The van der Waals surface area contributed by atoms with Gasteiger partial charge in [0.05, 0.1) is 25.7 Å². The monoisotopic (exact) mass is 171 g/mol. The van der Waals surface area contributed by atoms with Crippen LogP contribution in [0.2, 0.25) is 0 Å². The second-order valence-corrected chi connectivity index (χ2v) is 3.98. The van der Waals surface area contributed by atoms with Crippen molar-refractivity contribution in [3.8, 4) is 0 Å². The summed E-state index contributed by atoms with van der Waals surface area (Å²) >= 11 is 0. The summed E-state index contributed by atoms with van der Waals surface area (Å²) in [7, 11) is 1.40. The molecule has 0 atom stereocenters. The maximum absolute atomic E-state index is 11.3. The number of fused-ring (bicyclic) bond motifs is 2. The van der Waals surface area contributed by atoms with Crippen LogP contribution in [-0.4, -0.2) is 31.8 Å². The predicted molar refractivity (Wildman–Crippen MR) is 41.4 cm³/mol. The van der Waals surface area contributed by atoms with E-state index in [0.29, 0.717) is 26.1 Å². The molecule has 0 amide bonds. The average Bonchev–Trinajstić information content (AvgIpc) is 2.01. The maximum Gasteiger partial charge on any atom is 0.314 e. The van der Waals surface area contributed by atoms with Crippen LogP contribution >= 0.6 is 0 Å². The first-order valence-electron chi connectivity index (χ1n) is 4.05. The number of nitrogens with two attached hydrogens (primary N) is 1. The van der Waals surface area contributed by atoms with E-state index in [-0.39, 0.29) is 11.5 Å². The lowest BCUT2D eigenvalue weighted by atomic mass is 9.56. The molecule has 3 aliphatic rings. The van der Waals surface area contributed by atoms with E-state index in [9.17, 15) is 4.79 Å². The van der Waals surface area contributed by atoms with Crippen molar-refractivity contribution < 1.29 is 14.3 Å². The predicted octanol–water partition coefficient (Wildman–Crippen LogP) is -0.333. The fraction of sp³-hybridized carbons (Fsp3) is 0.875. The van der Waals surface area contributed by atoms with Gasteiger partial charge in [-0.2, -0.15) is 0 Å². The zero-order chi connectivity index (χ0) is 8.82. The molecule has 2 N–H and O–H groups in total. The molecule has 12 heavy (non-hydrogen) atoms. The number of carbonyl (C=O) groups excluding carboxylic acids is 1. The van der Waals surface area contributed by atoms with Crippen LogP contribution in [0.1, 0.15) is 12.8 Å². The average molecular weight is 171 g/mol. The van der Waals surface area contributed by atoms with Gasteiger partial charge in [0.2, 0.25) is 0 Å². The Morgan fingerprint density at radius 3 is 2.67 bits per heavy atom. The highest BCUT2D eigenvalue weighted by Gasteiger charge is 2.61. The molecule has 1 aliphatic carbocycles. The molecule has 1 saturated carbocycles. The van der Waals surface area contributed by atoms with E-state index >= 15 is 0 Å². The summed E-state index contributed by atoms with van der Waals surface area (Å²) in [6.45, 7) is 1.05. The van der Waals surface area contributed by atoms with Gasteiger partial charge in [0.25, 0.3) is 0 Å². The summed E-state index contributed by atoms with van der Waals surface area (Å²) in [4.78, 5) is 11.3. The lowest BCUT2D eigenvalue weighted by molar-refractivity contribution is -0.192. The molecule has 0 spiro atoms. The highest BCUT2D eigenvalue weighted by atomic mass is 16.5. The first-order chi connectivity index (χ1) is 5.60. The second-order valence-electron chi connectivity index (χ2n) is 3.98. The topological polar surface area (TPSA) is 61.5 Å². The summed E-state index contributed by atoms with van der Waals surface area (Å²) in [5.74, 6) is -0.178. The minimum absolute atomic E-state index is 0.178. The van der Waals surface area contributed by atoms with Gasteiger partial charge in [0, 0.05) is 5.54 Å². The van der Waals surface area contributed by atoms with Gasteiger partial charge in [0.15, 0.2) is 0 Å². The molecule has 0 aromatic heterocycles. The molecule has 4 nitrogen and oxygen atoms in total. The fourth-order valence-corrected chi connectivity index (χ4v) is 2.37. The Balaban J connectivity index is 2.11. The van der Waals surface area contributed by atoms with Gasteiger partial charge in [-0.05, 0) is 12.8 Å². The molecule has 4 heteroatoms. The Bertz CT molecular complexity index is 220. The molecule has 3 rings (SSSR count). The lowest BCUT2D eigenvalue weighted by Gasteiger charge is -2.56. The van der Waals surface area contributed by atoms with Crippen molar-refractivity contribution in [1.82, 2.24) is 0 Å². The van der Waals surface area contributed by atoms with Gasteiger partial charge >= 0.3 is 5.97 Å². The van der Waals surface area contributed by atoms with Gasteiger partial charge in [0.1, 0.15) is 0 Å². The van der Waals surface area contributed by atoms with E-state index in [1.807, 2.05) is 0 Å². The fourth-order valence-electron chi connectivity index (χ4n) is 2.37. The number of carbonyl (C=O) groups is 1. The van der Waals surface area contributed by atoms with Crippen molar-refractivity contribution in [1.29, 1.82) is 0 Å². The number of ether oxygens (including phenoxy) is 2. The number of methoxy groups -OCH3 is 1. The number of hydrogen-bond acceptors (Lipinski definition) is 4. The minimum atomic E-state index is -0.415. The quantitative estimate of drug-likeness (QED) is 0.549. The van der Waals surface area contributed by atoms with Crippen molar-refractivity contribution in [2.45, 2.75) is 18.4 Å². The largest absolute Gasteiger partial charge is 0.469 e. The van der Waals surface area contributed by atoms with Crippen molar-refractivity contribution in [2.75, 3.05) is 20.3 Å². The summed E-state index contributed by atoms with van der Waals surface area (Å²) in [5, 5.41) is 0. The molecule has 0 radical (unpaired) electrons.